The van der Waals surface area contributed by atoms with Gasteiger partial charge < -0.3 is 9.84 Å². The van der Waals surface area contributed by atoms with Crippen LogP contribution in [0.2, 0.25) is 0 Å². The van der Waals surface area contributed by atoms with Gasteiger partial charge >= 0.3 is 6.16 Å². The van der Waals surface area contributed by atoms with Gasteiger partial charge in [-0.05, 0) is 25.8 Å². The maximum absolute atomic E-state index is 10.3. The van der Waals surface area contributed by atoms with Crippen molar-refractivity contribution in [2.45, 2.75) is 110 Å². The molecule has 0 spiro atoms. The van der Waals surface area contributed by atoms with E-state index < -0.39 is 6.16 Å². The van der Waals surface area contributed by atoms with Gasteiger partial charge in [-0.1, -0.05) is 90.4 Å². The van der Waals surface area contributed by atoms with Gasteiger partial charge in [0.2, 0.25) is 0 Å². The van der Waals surface area contributed by atoms with Crippen molar-refractivity contribution in [1.82, 2.24) is 0 Å². The van der Waals surface area contributed by atoms with E-state index in [2.05, 4.69) is 11.7 Å². The summed E-state index contributed by atoms with van der Waals surface area (Å²) in [5.41, 5.74) is 0. The van der Waals surface area contributed by atoms with Crippen LogP contribution in [0.15, 0.2) is 11.8 Å². The van der Waals surface area contributed by atoms with E-state index in [-0.39, 0.29) is 0 Å². The molecule has 0 atom stereocenters. The molecule has 0 aromatic rings. The maximum Gasteiger partial charge on any atom is 0.510 e. The second-order valence-corrected chi connectivity index (χ2v) is 6.57. The van der Waals surface area contributed by atoms with Crippen molar-refractivity contribution >= 4 is 6.16 Å². The fraction of sp³-hybridized carbons (Fsp3) is 0.850. The highest BCUT2D eigenvalue weighted by atomic mass is 16.7. The smallest absolute Gasteiger partial charge is 0.449 e. The van der Waals surface area contributed by atoms with Crippen LogP contribution in [-0.4, -0.2) is 11.3 Å². The van der Waals surface area contributed by atoms with Gasteiger partial charge in [0, 0.05) is 0 Å². The molecule has 0 bridgehead atoms. The van der Waals surface area contributed by atoms with Gasteiger partial charge in [-0.3, -0.25) is 0 Å². The van der Waals surface area contributed by atoms with E-state index in [1.54, 1.807) is 6.92 Å². The van der Waals surface area contributed by atoms with E-state index in [0.29, 0.717) is 5.76 Å². The third kappa shape index (κ3) is 19.0. The molecule has 136 valence electrons. The first-order valence-corrected chi connectivity index (χ1v) is 9.74. The third-order valence-electron chi connectivity index (χ3n) is 4.24. The first-order valence-electron chi connectivity index (χ1n) is 9.74. The Morgan fingerprint density at radius 3 is 1.57 bits per heavy atom. The number of hydrogen-bond acceptors (Lipinski definition) is 2. The van der Waals surface area contributed by atoms with Crippen LogP contribution in [0.1, 0.15) is 110 Å². The van der Waals surface area contributed by atoms with Crippen molar-refractivity contribution in [2.24, 2.45) is 0 Å². The predicted octanol–water partition coefficient (Wildman–Crippen LogP) is 7.46. The topological polar surface area (TPSA) is 46.5 Å². The number of unbranched alkanes of at least 4 members (excludes halogenated alkanes) is 14. The first kappa shape index (κ1) is 22.0. The molecule has 0 radical (unpaired) electrons. The largest absolute Gasteiger partial charge is 0.510 e. The lowest BCUT2D eigenvalue weighted by Gasteiger charge is -2.03. The summed E-state index contributed by atoms with van der Waals surface area (Å²) in [4.78, 5) is 10.3. The van der Waals surface area contributed by atoms with E-state index in [0.717, 1.165) is 12.8 Å². The predicted molar refractivity (Wildman–Crippen MR) is 97.8 cm³/mol. The van der Waals surface area contributed by atoms with E-state index in [1.807, 2.05) is 6.08 Å². The maximum atomic E-state index is 10.3. The first-order chi connectivity index (χ1) is 11.2. The average molecular weight is 327 g/mol. The summed E-state index contributed by atoms with van der Waals surface area (Å²) >= 11 is 0. The molecule has 0 aliphatic rings. The number of ether oxygens (including phenoxy) is 1. The molecule has 3 heteroatoms. The minimum absolute atomic E-state index is 0.493. The summed E-state index contributed by atoms with van der Waals surface area (Å²) in [7, 11) is 0. The lowest BCUT2D eigenvalue weighted by molar-refractivity contribution is 0.119. The molecular weight excluding hydrogens is 288 g/mol. The van der Waals surface area contributed by atoms with Crippen LogP contribution in [0.4, 0.5) is 4.79 Å². The van der Waals surface area contributed by atoms with E-state index >= 15 is 0 Å². The molecule has 0 aromatic carbocycles. The van der Waals surface area contributed by atoms with Crippen LogP contribution in [-0.2, 0) is 4.74 Å². The van der Waals surface area contributed by atoms with Gasteiger partial charge in [0.1, 0.15) is 5.76 Å². The van der Waals surface area contributed by atoms with Crippen molar-refractivity contribution in [3.8, 4) is 0 Å². The Morgan fingerprint density at radius 2 is 1.17 bits per heavy atom. The zero-order valence-electron chi connectivity index (χ0n) is 15.4. The van der Waals surface area contributed by atoms with Crippen molar-refractivity contribution in [3.05, 3.63) is 11.8 Å². The molecule has 3 nitrogen and oxygen atoms in total. The number of carbonyl (C=O) groups is 1. The molecule has 0 fully saturated rings. The number of rotatable bonds is 16. The summed E-state index contributed by atoms with van der Waals surface area (Å²) in [6, 6.07) is 0. The lowest BCUT2D eigenvalue weighted by Crippen LogP contribution is -1.97. The van der Waals surface area contributed by atoms with Crippen molar-refractivity contribution in [2.75, 3.05) is 0 Å². The quantitative estimate of drug-likeness (QED) is 0.182. The molecule has 0 aliphatic carbocycles. The highest BCUT2D eigenvalue weighted by molar-refractivity contribution is 5.58. The molecule has 0 amide bonds. The summed E-state index contributed by atoms with van der Waals surface area (Å²) in [5, 5.41) is 8.45. The van der Waals surface area contributed by atoms with Crippen molar-refractivity contribution in [1.29, 1.82) is 0 Å². The van der Waals surface area contributed by atoms with Crippen LogP contribution in [0.3, 0.4) is 0 Å². The molecule has 0 saturated carbocycles. The van der Waals surface area contributed by atoms with Gasteiger partial charge in [0.25, 0.3) is 0 Å². The number of allylic oxidation sites excluding steroid dienone is 2. The molecule has 0 saturated heterocycles. The Kier molecular flexibility index (Phi) is 16.6. The number of carboxylic acid groups (broad SMARTS) is 1. The summed E-state index contributed by atoms with van der Waals surface area (Å²) in [5.74, 6) is 0.493. The van der Waals surface area contributed by atoms with Crippen LogP contribution in [0, 0.1) is 0 Å². The Labute approximate surface area is 143 Å². The Balaban J connectivity index is 3.15. The molecule has 0 unspecified atom stereocenters. The van der Waals surface area contributed by atoms with Crippen LogP contribution >= 0.6 is 0 Å². The van der Waals surface area contributed by atoms with Crippen molar-refractivity contribution < 1.29 is 14.6 Å². The molecule has 0 heterocycles. The second-order valence-electron chi connectivity index (χ2n) is 6.57. The lowest BCUT2D eigenvalue weighted by atomic mass is 10.0. The molecule has 23 heavy (non-hydrogen) atoms. The van der Waals surface area contributed by atoms with Crippen LogP contribution in [0.25, 0.3) is 0 Å². The zero-order valence-corrected chi connectivity index (χ0v) is 15.4. The fourth-order valence-electron chi connectivity index (χ4n) is 2.82. The highest BCUT2D eigenvalue weighted by Gasteiger charge is 1.97. The van der Waals surface area contributed by atoms with E-state index in [1.165, 1.54) is 83.5 Å². The average Bonchev–Trinajstić information content (AvgIpc) is 2.50. The molecule has 0 aromatic heterocycles. The molecular formula is C20H38O3. The van der Waals surface area contributed by atoms with Gasteiger partial charge in [0.15, 0.2) is 0 Å². The molecule has 1 N–H and O–H groups in total. The monoisotopic (exact) mass is 326 g/mol. The van der Waals surface area contributed by atoms with Crippen molar-refractivity contribution in [3.63, 3.8) is 0 Å². The molecule has 0 rings (SSSR count). The standard InChI is InChI=1S/C20H38O3/c1-3-4-5-6-7-8-9-10-11-12-13-14-15-16-17-18-19(2)23-20(21)22/h18H,3-17H2,1-2H3,(H,21,22). The summed E-state index contributed by atoms with van der Waals surface area (Å²) in [6.45, 7) is 3.96. The fourth-order valence-corrected chi connectivity index (χ4v) is 2.82. The summed E-state index contributed by atoms with van der Waals surface area (Å²) in [6.07, 6.45) is 20.6. The Bertz CT molecular complexity index is 297. The minimum Gasteiger partial charge on any atom is -0.449 e. The zero-order chi connectivity index (χ0) is 17.2. The van der Waals surface area contributed by atoms with Gasteiger partial charge in [-0.2, -0.15) is 0 Å². The van der Waals surface area contributed by atoms with E-state index in [4.69, 9.17) is 5.11 Å². The van der Waals surface area contributed by atoms with E-state index in [9.17, 15) is 4.79 Å². The van der Waals surface area contributed by atoms with Gasteiger partial charge in [-0.15, -0.1) is 0 Å². The second kappa shape index (κ2) is 17.4. The highest BCUT2D eigenvalue weighted by Crippen LogP contribution is 2.13. The minimum atomic E-state index is -1.22. The van der Waals surface area contributed by atoms with Crippen LogP contribution < -0.4 is 0 Å². The normalized spacial score (nSPS) is 11.7. The van der Waals surface area contributed by atoms with Crippen LogP contribution in [0.5, 0.6) is 0 Å². The Morgan fingerprint density at radius 1 is 0.783 bits per heavy atom. The Hall–Kier alpha value is -0.990. The van der Waals surface area contributed by atoms with Gasteiger partial charge in [-0.25, -0.2) is 4.79 Å². The SMILES string of the molecule is CCCCCCCCCCCCCCCCC=C(C)OC(=O)O. The van der Waals surface area contributed by atoms with Gasteiger partial charge in [0.05, 0.1) is 0 Å². The third-order valence-corrected chi connectivity index (χ3v) is 4.24. The summed E-state index contributed by atoms with van der Waals surface area (Å²) < 4.78 is 4.55. The number of hydrogen-bond donors (Lipinski definition) is 1. The molecule has 0 aliphatic heterocycles.